The molecule has 0 radical (unpaired) electrons. The second kappa shape index (κ2) is 4.92. The molecule has 0 spiro atoms. The maximum Gasteiger partial charge on any atom is 0.213 e. The number of H-pyrrole nitrogens is 1. The normalized spacial score (nSPS) is 28.9. The van der Waals surface area contributed by atoms with E-state index in [-0.39, 0.29) is 5.75 Å². The maximum atomic E-state index is 11.9. The first kappa shape index (κ1) is 13.1. The number of aromatic amines is 1. The highest BCUT2D eigenvalue weighted by atomic mass is 32.2. The second-order valence-electron chi connectivity index (χ2n) is 5.63. The lowest BCUT2D eigenvalue weighted by Gasteiger charge is -2.20. The monoisotopic (exact) mass is 283 g/mol. The summed E-state index contributed by atoms with van der Waals surface area (Å²) in [5, 5.41) is 0. The van der Waals surface area contributed by atoms with E-state index in [4.69, 9.17) is 0 Å². The lowest BCUT2D eigenvalue weighted by atomic mass is 10.0. The molecule has 106 valence electrons. The van der Waals surface area contributed by atoms with Crippen LogP contribution in [-0.4, -0.2) is 54.5 Å². The Kier molecular flexibility index (Phi) is 3.41. The lowest BCUT2D eigenvalue weighted by Crippen LogP contribution is -2.34. The van der Waals surface area contributed by atoms with E-state index in [2.05, 4.69) is 16.0 Å². The third kappa shape index (κ3) is 2.57. The molecule has 1 aromatic rings. The quantitative estimate of drug-likeness (QED) is 0.886. The van der Waals surface area contributed by atoms with E-state index < -0.39 is 10.0 Å². The van der Waals surface area contributed by atoms with Crippen molar-refractivity contribution in [2.45, 2.75) is 13.5 Å². The van der Waals surface area contributed by atoms with Crippen LogP contribution in [0.25, 0.3) is 0 Å². The molecule has 0 amide bonds. The average Bonchev–Trinajstić information content (AvgIpc) is 3.04. The predicted molar refractivity (Wildman–Crippen MR) is 74.1 cm³/mol. The molecule has 3 heterocycles. The van der Waals surface area contributed by atoms with Crippen molar-refractivity contribution < 1.29 is 8.42 Å². The van der Waals surface area contributed by atoms with Crippen molar-refractivity contribution in [2.24, 2.45) is 11.8 Å². The standard InChI is InChI=1S/C13H21N3O2S/c1-2-19(17,18)16-8-11-6-15(7-12(11)9-16)10-13-4-3-5-14-13/h3-5,11-12,14H,2,6-10H2,1H3. The van der Waals surface area contributed by atoms with Crippen molar-refractivity contribution in [3.63, 3.8) is 0 Å². The summed E-state index contributed by atoms with van der Waals surface area (Å²) in [5.41, 5.74) is 1.23. The Balaban J connectivity index is 1.59. The van der Waals surface area contributed by atoms with Crippen LogP contribution in [0.4, 0.5) is 0 Å². The molecule has 2 aliphatic heterocycles. The van der Waals surface area contributed by atoms with Crippen molar-refractivity contribution in [1.82, 2.24) is 14.2 Å². The molecule has 5 nitrogen and oxygen atoms in total. The molecule has 3 rings (SSSR count). The van der Waals surface area contributed by atoms with Crippen molar-refractivity contribution in [3.05, 3.63) is 24.0 Å². The number of fused-ring (bicyclic) bond motifs is 1. The lowest BCUT2D eigenvalue weighted by molar-refractivity contribution is 0.287. The fourth-order valence-electron chi connectivity index (χ4n) is 3.29. The summed E-state index contributed by atoms with van der Waals surface area (Å²) < 4.78 is 25.4. The highest BCUT2D eigenvalue weighted by Crippen LogP contribution is 2.33. The Morgan fingerprint density at radius 3 is 2.47 bits per heavy atom. The summed E-state index contributed by atoms with van der Waals surface area (Å²) >= 11 is 0. The van der Waals surface area contributed by atoms with Crippen LogP contribution < -0.4 is 0 Å². The van der Waals surface area contributed by atoms with Crippen molar-refractivity contribution in [2.75, 3.05) is 31.9 Å². The van der Waals surface area contributed by atoms with Crippen LogP contribution >= 0.6 is 0 Å². The minimum absolute atomic E-state index is 0.221. The first-order chi connectivity index (χ1) is 9.08. The van der Waals surface area contributed by atoms with Gasteiger partial charge in [0.2, 0.25) is 10.0 Å². The summed E-state index contributed by atoms with van der Waals surface area (Å²) in [6.45, 7) is 6.12. The summed E-state index contributed by atoms with van der Waals surface area (Å²) in [6, 6.07) is 4.11. The Morgan fingerprint density at radius 1 is 1.26 bits per heavy atom. The Bertz CT molecular complexity index is 512. The molecule has 0 bridgehead atoms. The fourth-order valence-corrected chi connectivity index (χ4v) is 4.50. The maximum absolute atomic E-state index is 11.9. The minimum atomic E-state index is -3.00. The van der Waals surface area contributed by atoms with Crippen LogP contribution in [0.5, 0.6) is 0 Å². The van der Waals surface area contributed by atoms with Gasteiger partial charge in [-0.05, 0) is 30.9 Å². The number of likely N-dealkylation sites (tertiary alicyclic amines) is 1. The van der Waals surface area contributed by atoms with Crippen LogP contribution in [0.1, 0.15) is 12.6 Å². The predicted octanol–water partition coefficient (Wildman–Crippen LogP) is 0.728. The van der Waals surface area contributed by atoms with Crippen LogP contribution in [0, 0.1) is 11.8 Å². The molecule has 2 unspecified atom stereocenters. The van der Waals surface area contributed by atoms with Gasteiger partial charge < -0.3 is 4.98 Å². The molecule has 1 aromatic heterocycles. The highest BCUT2D eigenvalue weighted by molar-refractivity contribution is 7.89. The van der Waals surface area contributed by atoms with Gasteiger partial charge in [0.25, 0.3) is 0 Å². The van der Waals surface area contributed by atoms with E-state index in [0.717, 1.165) is 19.6 Å². The molecule has 19 heavy (non-hydrogen) atoms. The van der Waals surface area contributed by atoms with E-state index >= 15 is 0 Å². The van der Waals surface area contributed by atoms with Gasteiger partial charge in [-0.1, -0.05) is 0 Å². The third-order valence-electron chi connectivity index (χ3n) is 4.34. The van der Waals surface area contributed by atoms with Gasteiger partial charge in [-0.2, -0.15) is 0 Å². The van der Waals surface area contributed by atoms with E-state index in [1.54, 1.807) is 11.2 Å². The van der Waals surface area contributed by atoms with Crippen molar-refractivity contribution in [1.29, 1.82) is 0 Å². The topological polar surface area (TPSA) is 56.4 Å². The van der Waals surface area contributed by atoms with Gasteiger partial charge in [0, 0.05) is 44.6 Å². The number of sulfonamides is 1. The molecule has 2 fully saturated rings. The zero-order valence-electron chi connectivity index (χ0n) is 11.2. The molecule has 6 heteroatoms. The number of rotatable bonds is 4. The van der Waals surface area contributed by atoms with Gasteiger partial charge in [0.05, 0.1) is 5.75 Å². The number of hydrogen-bond donors (Lipinski definition) is 1. The summed E-state index contributed by atoms with van der Waals surface area (Å²) in [4.78, 5) is 5.65. The third-order valence-corrected chi connectivity index (χ3v) is 6.16. The van der Waals surface area contributed by atoms with Crippen molar-refractivity contribution >= 4 is 10.0 Å². The molecule has 0 aliphatic carbocycles. The molecular weight excluding hydrogens is 262 g/mol. The summed E-state index contributed by atoms with van der Waals surface area (Å²) in [5.74, 6) is 1.24. The summed E-state index contributed by atoms with van der Waals surface area (Å²) in [6.07, 6.45) is 1.95. The molecule has 0 aromatic carbocycles. The van der Waals surface area contributed by atoms with Crippen LogP contribution in [0.2, 0.25) is 0 Å². The average molecular weight is 283 g/mol. The van der Waals surface area contributed by atoms with Gasteiger partial charge >= 0.3 is 0 Å². The highest BCUT2D eigenvalue weighted by Gasteiger charge is 2.43. The van der Waals surface area contributed by atoms with Gasteiger partial charge in [-0.15, -0.1) is 0 Å². The number of aromatic nitrogens is 1. The largest absolute Gasteiger partial charge is 0.364 e. The number of nitrogens with one attached hydrogen (secondary N) is 1. The van der Waals surface area contributed by atoms with E-state index in [1.807, 2.05) is 12.3 Å². The van der Waals surface area contributed by atoms with Crippen LogP contribution in [-0.2, 0) is 16.6 Å². The van der Waals surface area contributed by atoms with E-state index in [9.17, 15) is 8.42 Å². The number of hydrogen-bond acceptors (Lipinski definition) is 3. The Labute approximate surface area is 114 Å². The smallest absolute Gasteiger partial charge is 0.213 e. The second-order valence-corrected chi connectivity index (χ2v) is 7.88. The van der Waals surface area contributed by atoms with Gasteiger partial charge in [-0.3, -0.25) is 4.90 Å². The van der Waals surface area contributed by atoms with Gasteiger partial charge in [0.1, 0.15) is 0 Å². The first-order valence-corrected chi connectivity index (χ1v) is 8.52. The molecular formula is C13H21N3O2S. The molecule has 2 aliphatic rings. The molecule has 2 atom stereocenters. The molecule has 0 saturated carbocycles. The van der Waals surface area contributed by atoms with E-state index in [0.29, 0.717) is 24.9 Å². The molecule has 2 saturated heterocycles. The fraction of sp³-hybridized carbons (Fsp3) is 0.692. The number of nitrogens with zero attached hydrogens (tertiary/aromatic N) is 2. The zero-order valence-corrected chi connectivity index (χ0v) is 12.1. The van der Waals surface area contributed by atoms with Crippen LogP contribution in [0.3, 0.4) is 0 Å². The van der Waals surface area contributed by atoms with Gasteiger partial charge in [0.15, 0.2) is 0 Å². The molecule has 1 N–H and O–H groups in total. The SMILES string of the molecule is CCS(=O)(=O)N1CC2CN(Cc3ccc[nH]3)CC2C1. The zero-order chi connectivity index (χ0) is 13.5. The first-order valence-electron chi connectivity index (χ1n) is 6.91. The Morgan fingerprint density at radius 2 is 1.95 bits per heavy atom. The van der Waals surface area contributed by atoms with Gasteiger partial charge in [-0.25, -0.2) is 12.7 Å². The van der Waals surface area contributed by atoms with Crippen molar-refractivity contribution in [3.8, 4) is 0 Å². The summed E-state index contributed by atoms with van der Waals surface area (Å²) in [7, 11) is -3.00. The Hall–Kier alpha value is -0.850. The van der Waals surface area contributed by atoms with E-state index in [1.165, 1.54) is 5.69 Å². The minimum Gasteiger partial charge on any atom is -0.364 e. The van der Waals surface area contributed by atoms with Crippen LogP contribution in [0.15, 0.2) is 18.3 Å².